The summed E-state index contributed by atoms with van der Waals surface area (Å²) in [5.74, 6) is 0.615. The zero-order valence-electron chi connectivity index (χ0n) is 13.2. The van der Waals surface area contributed by atoms with Crippen LogP contribution in [0.2, 0.25) is 0 Å². The van der Waals surface area contributed by atoms with E-state index in [0.29, 0.717) is 18.2 Å². The van der Waals surface area contributed by atoms with E-state index in [-0.39, 0.29) is 5.78 Å². The third-order valence-electron chi connectivity index (χ3n) is 4.24. The fraction of sp³-hybridized carbons (Fsp3) is 0.750. The van der Waals surface area contributed by atoms with Crippen molar-refractivity contribution in [2.75, 3.05) is 6.61 Å². The number of rotatable bonds is 6. The van der Waals surface area contributed by atoms with E-state index in [1.165, 1.54) is 6.42 Å². The Morgan fingerprint density at radius 1 is 1.57 bits per heavy atom. The van der Waals surface area contributed by atoms with Crippen LogP contribution in [-0.2, 0) is 11.3 Å². The Morgan fingerprint density at radius 3 is 2.95 bits per heavy atom. The summed E-state index contributed by atoms with van der Waals surface area (Å²) < 4.78 is 8.59. The van der Waals surface area contributed by atoms with Crippen molar-refractivity contribution in [1.29, 1.82) is 0 Å². The maximum Gasteiger partial charge on any atom is 0.213 e. The highest BCUT2D eigenvalue weighted by atomic mass is 79.9. The fourth-order valence-corrected chi connectivity index (χ4v) is 3.84. The van der Waals surface area contributed by atoms with Crippen molar-refractivity contribution >= 4 is 21.7 Å². The Morgan fingerprint density at radius 2 is 2.33 bits per heavy atom. The van der Waals surface area contributed by atoms with E-state index in [2.05, 4.69) is 34.9 Å². The van der Waals surface area contributed by atoms with Crippen LogP contribution >= 0.6 is 15.9 Å². The largest absolute Gasteiger partial charge is 0.367 e. The van der Waals surface area contributed by atoms with Crippen molar-refractivity contribution in [2.45, 2.75) is 65.0 Å². The lowest BCUT2D eigenvalue weighted by molar-refractivity contribution is -0.0517. The molecule has 0 aromatic carbocycles. The van der Waals surface area contributed by atoms with Gasteiger partial charge < -0.3 is 4.74 Å². The zero-order valence-corrected chi connectivity index (χ0v) is 14.8. The fourth-order valence-electron chi connectivity index (χ4n) is 3.37. The summed E-state index contributed by atoms with van der Waals surface area (Å²) in [6.07, 6.45) is 6.52. The van der Waals surface area contributed by atoms with E-state index >= 15 is 0 Å². The summed E-state index contributed by atoms with van der Waals surface area (Å²) in [5.41, 5.74) is -0.0000978. The smallest absolute Gasteiger partial charge is 0.213 e. The second-order valence-electron chi connectivity index (χ2n) is 6.02. The molecule has 2 unspecified atom stereocenters. The molecule has 4 nitrogen and oxygen atoms in total. The predicted octanol–water partition coefficient (Wildman–Crippen LogP) is 4.22. The second kappa shape index (κ2) is 7.05. The quantitative estimate of drug-likeness (QED) is 0.716. The molecular weight excluding hydrogens is 332 g/mol. The molecule has 1 aliphatic carbocycles. The number of aryl methyl sites for hydroxylation is 1. The van der Waals surface area contributed by atoms with Gasteiger partial charge in [0.15, 0.2) is 0 Å². The Bertz CT molecular complexity index is 496. The minimum Gasteiger partial charge on any atom is -0.367 e. The highest BCUT2D eigenvalue weighted by molar-refractivity contribution is 9.10. The minimum absolute atomic E-state index is 0.0914. The molecule has 1 aromatic heterocycles. The van der Waals surface area contributed by atoms with Gasteiger partial charge in [0.25, 0.3) is 0 Å². The van der Waals surface area contributed by atoms with Gasteiger partial charge in [0.1, 0.15) is 11.3 Å². The van der Waals surface area contributed by atoms with Gasteiger partial charge in [0.2, 0.25) is 5.78 Å². The first kappa shape index (κ1) is 16.7. The SMILES string of the molecule is CCCn1ncc(Br)c1C(=O)C1(OCC)CCCC(C)C1. The van der Waals surface area contributed by atoms with E-state index in [9.17, 15) is 4.79 Å². The zero-order chi connectivity index (χ0) is 15.5. The van der Waals surface area contributed by atoms with Crippen molar-refractivity contribution in [1.82, 2.24) is 9.78 Å². The highest BCUT2D eigenvalue weighted by Gasteiger charge is 2.44. The molecule has 2 rings (SSSR count). The average Bonchev–Trinajstić information content (AvgIpc) is 2.80. The molecule has 1 aromatic rings. The van der Waals surface area contributed by atoms with E-state index in [1.807, 2.05) is 11.6 Å². The summed E-state index contributed by atoms with van der Waals surface area (Å²) in [7, 11) is 0. The maximum atomic E-state index is 13.2. The third kappa shape index (κ3) is 3.39. The monoisotopic (exact) mass is 356 g/mol. The van der Waals surface area contributed by atoms with Gasteiger partial charge in [-0.25, -0.2) is 0 Å². The van der Waals surface area contributed by atoms with Crippen LogP contribution in [-0.4, -0.2) is 27.8 Å². The molecule has 0 spiro atoms. The summed E-state index contributed by atoms with van der Waals surface area (Å²) in [4.78, 5) is 13.2. The first-order valence-electron chi connectivity index (χ1n) is 7.94. The number of ketones is 1. The van der Waals surface area contributed by atoms with Crippen LogP contribution in [0.1, 0.15) is 63.4 Å². The number of carbonyl (C=O) groups excluding carboxylic acids is 1. The number of carbonyl (C=O) groups is 1. The van der Waals surface area contributed by atoms with Gasteiger partial charge >= 0.3 is 0 Å². The lowest BCUT2D eigenvalue weighted by Gasteiger charge is -2.38. The number of nitrogens with zero attached hydrogens (tertiary/aromatic N) is 2. The molecule has 0 N–H and O–H groups in total. The molecular formula is C16H25BrN2O2. The molecule has 118 valence electrons. The van der Waals surface area contributed by atoms with Gasteiger partial charge in [0, 0.05) is 13.2 Å². The normalized spacial score (nSPS) is 26.0. The third-order valence-corrected chi connectivity index (χ3v) is 4.82. The predicted molar refractivity (Wildman–Crippen MR) is 86.5 cm³/mol. The van der Waals surface area contributed by atoms with Crippen molar-refractivity contribution in [3.8, 4) is 0 Å². The molecule has 0 saturated heterocycles. The molecule has 0 radical (unpaired) electrons. The van der Waals surface area contributed by atoms with Crippen molar-refractivity contribution < 1.29 is 9.53 Å². The van der Waals surface area contributed by atoms with Crippen LogP contribution in [0.15, 0.2) is 10.7 Å². The van der Waals surface area contributed by atoms with Gasteiger partial charge in [-0.15, -0.1) is 0 Å². The molecule has 0 amide bonds. The molecule has 1 aliphatic rings. The van der Waals surface area contributed by atoms with Crippen LogP contribution in [0.5, 0.6) is 0 Å². The van der Waals surface area contributed by atoms with Gasteiger partial charge in [0.05, 0.1) is 10.7 Å². The van der Waals surface area contributed by atoms with Crippen molar-refractivity contribution in [3.63, 3.8) is 0 Å². The van der Waals surface area contributed by atoms with Gasteiger partial charge in [-0.3, -0.25) is 9.48 Å². The number of Topliss-reactive ketones (excluding diaryl/α,β-unsaturated/α-hetero) is 1. The summed E-state index contributed by atoms with van der Waals surface area (Å²) in [5, 5.41) is 4.33. The summed E-state index contributed by atoms with van der Waals surface area (Å²) in [6, 6.07) is 0. The van der Waals surface area contributed by atoms with E-state index in [4.69, 9.17) is 4.74 Å². The Labute approximate surface area is 135 Å². The lowest BCUT2D eigenvalue weighted by Crippen LogP contribution is -2.46. The summed E-state index contributed by atoms with van der Waals surface area (Å²) in [6.45, 7) is 7.58. The van der Waals surface area contributed by atoms with Crippen LogP contribution in [0.25, 0.3) is 0 Å². The summed E-state index contributed by atoms with van der Waals surface area (Å²) >= 11 is 3.49. The van der Waals surface area contributed by atoms with E-state index in [1.54, 1.807) is 6.20 Å². The van der Waals surface area contributed by atoms with E-state index in [0.717, 1.165) is 36.7 Å². The molecule has 21 heavy (non-hydrogen) atoms. The van der Waals surface area contributed by atoms with Crippen LogP contribution < -0.4 is 0 Å². The number of aromatic nitrogens is 2. The van der Waals surface area contributed by atoms with E-state index < -0.39 is 5.60 Å². The molecule has 1 heterocycles. The lowest BCUT2D eigenvalue weighted by atomic mass is 9.75. The minimum atomic E-state index is -0.666. The van der Waals surface area contributed by atoms with Crippen molar-refractivity contribution in [2.24, 2.45) is 5.92 Å². The number of hydrogen-bond acceptors (Lipinski definition) is 3. The average molecular weight is 357 g/mol. The maximum absolute atomic E-state index is 13.2. The molecule has 0 bridgehead atoms. The Balaban J connectivity index is 2.36. The molecule has 5 heteroatoms. The van der Waals surface area contributed by atoms with Crippen LogP contribution in [0.4, 0.5) is 0 Å². The standard InChI is InChI=1S/C16H25BrN2O2/c1-4-9-19-14(13(17)11-18-19)15(20)16(21-5-2)8-6-7-12(3)10-16/h11-12H,4-10H2,1-3H3. The van der Waals surface area contributed by atoms with Crippen LogP contribution in [0, 0.1) is 5.92 Å². The number of hydrogen-bond donors (Lipinski definition) is 0. The van der Waals surface area contributed by atoms with Gasteiger partial charge in [-0.1, -0.05) is 20.3 Å². The second-order valence-corrected chi connectivity index (χ2v) is 6.88. The van der Waals surface area contributed by atoms with Crippen molar-refractivity contribution in [3.05, 3.63) is 16.4 Å². The molecule has 1 fully saturated rings. The number of halogens is 1. The Hall–Kier alpha value is -0.680. The highest BCUT2D eigenvalue weighted by Crippen LogP contribution is 2.38. The van der Waals surface area contributed by atoms with Crippen LogP contribution in [0.3, 0.4) is 0 Å². The first-order valence-corrected chi connectivity index (χ1v) is 8.73. The molecule has 1 saturated carbocycles. The topological polar surface area (TPSA) is 44.1 Å². The van der Waals surface area contributed by atoms with Gasteiger partial charge in [-0.2, -0.15) is 5.10 Å². The Kier molecular flexibility index (Phi) is 5.60. The van der Waals surface area contributed by atoms with Gasteiger partial charge in [-0.05, 0) is 54.5 Å². The number of ether oxygens (including phenoxy) is 1. The molecule has 2 atom stereocenters. The molecule has 0 aliphatic heterocycles. The first-order chi connectivity index (χ1) is 10.0.